The molecule has 2 N–H and O–H groups in total. The van der Waals surface area contributed by atoms with E-state index in [2.05, 4.69) is 42.7 Å². The van der Waals surface area contributed by atoms with E-state index < -0.39 is 11.8 Å². The Bertz CT molecular complexity index is 833. The lowest BCUT2D eigenvalue weighted by molar-refractivity contribution is -0.131. The molecule has 0 heterocycles. The smallest absolute Gasteiger partial charge is 0.276 e. The number of rotatable bonds is 6. The lowest BCUT2D eigenvalue weighted by Crippen LogP contribution is -2.45. The van der Waals surface area contributed by atoms with Gasteiger partial charge in [0.05, 0.1) is 0 Å². The van der Waals surface area contributed by atoms with Crippen LogP contribution in [0.4, 0.5) is 0 Å². The van der Waals surface area contributed by atoms with Gasteiger partial charge in [0.15, 0.2) is 13.2 Å². The van der Waals surface area contributed by atoms with Crippen LogP contribution in [0.5, 0.6) is 11.5 Å². The molecule has 0 aliphatic carbocycles. The Morgan fingerprint density at radius 1 is 0.815 bits per heavy atom. The first-order valence-corrected chi connectivity index (χ1v) is 9.71. The number of halogens is 2. The van der Waals surface area contributed by atoms with Gasteiger partial charge >= 0.3 is 0 Å². The first-order valence-electron chi connectivity index (χ1n) is 8.12. The quantitative estimate of drug-likeness (QED) is 0.593. The first kappa shape index (κ1) is 21.2. The Labute approximate surface area is 174 Å². The number of benzene rings is 2. The topological polar surface area (TPSA) is 76.7 Å². The largest absolute Gasteiger partial charge is 0.483 e. The zero-order chi connectivity index (χ0) is 20.0. The monoisotopic (exact) mass is 498 g/mol. The van der Waals surface area contributed by atoms with Gasteiger partial charge in [-0.05, 0) is 67.8 Å². The van der Waals surface area contributed by atoms with Crippen molar-refractivity contribution in [2.45, 2.75) is 20.8 Å². The molecule has 0 spiro atoms. The standard InChI is InChI=1S/C19H20Br2N2O4/c1-11-6-14(20)4-5-16(11)26-9-17(24)22-23-18(25)10-27-19-12(2)7-15(21)8-13(19)3/h4-8H,9-10H2,1-3H3,(H,22,24)(H,23,25). The summed E-state index contributed by atoms with van der Waals surface area (Å²) in [5.74, 6) is 0.310. The molecular weight excluding hydrogens is 480 g/mol. The molecule has 2 amide bonds. The van der Waals surface area contributed by atoms with Gasteiger partial charge in [0.1, 0.15) is 11.5 Å². The molecule has 144 valence electrons. The van der Waals surface area contributed by atoms with E-state index in [4.69, 9.17) is 9.47 Å². The highest BCUT2D eigenvalue weighted by atomic mass is 79.9. The van der Waals surface area contributed by atoms with Gasteiger partial charge in [-0.2, -0.15) is 0 Å². The highest BCUT2D eigenvalue weighted by Gasteiger charge is 2.10. The van der Waals surface area contributed by atoms with E-state index in [-0.39, 0.29) is 13.2 Å². The third kappa shape index (κ3) is 6.55. The third-order valence-electron chi connectivity index (χ3n) is 3.61. The lowest BCUT2D eigenvalue weighted by Gasteiger charge is -2.13. The van der Waals surface area contributed by atoms with Crippen LogP contribution in [-0.4, -0.2) is 25.0 Å². The molecular formula is C19H20Br2N2O4. The van der Waals surface area contributed by atoms with Crippen LogP contribution in [0.1, 0.15) is 16.7 Å². The van der Waals surface area contributed by atoms with Gasteiger partial charge < -0.3 is 9.47 Å². The van der Waals surface area contributed by atoms with E-state index in [1.54, 1.807) is 6.07 Å². The fraction of sp³-hybridized carbons (Fsp3) is 0.263. The van der Waals surface area contributed by atoms with E-state index in [1.807, 2.05) is 45.0 Å². The number of hydrogen-bond acceptors (Lipinski definition) is 4. The molecule has 6 nitrogen and oxygen atoms in total. The number of nitrogens with one attached hydrogen (secondary N) is 2. The van der Waals surface area contributed by atoms with Crippen molar-refractivity contribution < 1.29 is 19.1 Å². The SMILES string of the molecule is Cc1cc(Br)ccc1OCC(=O)NNC(=O)COc1c(C)cc(Br)cc1C. The Kier molecular flexibility index (Phi) is 7.67. The van der Waals surface area contributed by atoms with E-state index >= 15 is 0 Å². The summed E-state index contributed by atoms with van der Waals surface area (Å²) in [5, 5.41) is 0. The van der Waals surface area contributed by atoms with Crippen LogP contribution in [0.2, 0.25) is 0 Å². The van der Waals surface area contributed by atoms with Crippen molar-refractivity contribution >= 4 is 43.7 Å². The molecule has 0 bridgehead atoms. The van der Waals surface area contributed by atoms with Gasteiger partial charge in [0.2, 0.25) is 0 Å². The zero-order valence-electron chi connectivity index (χ0n) is 15.2. The van der Waals surface area contributed by atoms with Gasteiger partial charge in [-0.3, -0.25) is 20.4 Å². The highest BCUT2D eigenvalue weighted by molar-refractivity contribution is 9.10. The van der Waals surface area contributed by atoms with Crippen LogP contribution in [0.15, 0.2) is 39.3 Å². The van der Waals surface area contributed by atoms with Crippen molar-refractivity contribution in [2.24, 2.45) is 0 Å². The second-order valence-electron chi connectivity index (χ2n) is 5.95. The minimum Gasteiger partial charge on any atom is -0.483 e. The molecule has 27 heavy (non-hydrogen) atoms. The number of carbonyl (C=O) groups is 2. The Morgan fingerprint density at radius 3 is 1.89 bits per heavy atom. The normalized spacial score (nSPS) is 10.3. The van der Waals surface area contributed by atoms with E-state index in [0.717, 1.165) is 25.6 Å². The predicted molar refractivity (Wildman–Crippen MR) is 110 cm³/mol. The van der Waals surface area contributed by atoms with Gasteiger partial charge in [0, 0.05) is 8.95 Å². The Morgan fingerprint density at radius 2 is 1.33 bits per heavy atom. The summed E-state index contributed by atoms with van der Waals surface area (Å²) < 4.78 is 12.9. The van der Waals surface area contributed by atoms with E-state index in [0.29, 0.717) is 11.5 Å². The molecule has 0 aromatic heterocycles. The Hall–Kier alpha value is -2.06. The molecule has 0 aliphatic rings. The third-order valence-corrected chi connectivity index (χ3v) is 4.56. The van der Waals surface area contributed by atoms with Crippen LogP contribution in [0.25, 0.3) is 0 Å². The molecule has 0 aliphatic heterocycles. The molecule has 0 fully saturated rings. The fourth-order valence-corrected chi connectivity index (χ4v) is 3.55. The van der Waals surface area contributed by atoms with Crippen molar-refractivity contribution in [1.29, 1.82) is 0 Å². The second kappa shape index (κ2) is 9.75. The van der Waals surface area contributed by atoms with Crippen LogP contribution in [0.3, 0.4) is 0 Å². The average molecular weight is 500 g/mol. The highest BCUT2D eigenvalue weighted by Crippen LogP contribution is 2.27. The summed E-state index contributed by atoms with van der Waals surface area (Å²) >= 11 is 6.78. The van der Waals surface area contributed by atoms with E-state index in [1.165, 1.54) is 0 Å². The zero-order valence-corrected chi connectivity index (χ0v) is 18.4. The maximum Gasteiger partial charge on any atom is 0.276 e. The molecule has 0 atom stereocenters. The van der Waals surface area contributed by atoms with Crippen LogP contribution >= 0.6 is 31.9 Å². The average Bonchev–Trinajstić information content (AvgIpc) is 2.58. The van der Waals surface area contributed by atoms with Crippen molar-refractivity contribution in [3.8, 4) is 11.5 Å². The van der Waals surface area contributed by atoms with Crippen molar-refractivity contribution in [3.63, 3.8) is 0 Å². The van der Waals surface area contributed by atoms with Crippen LogP contribution in [-0.2, 0) is 9.59 Å². The van der Waals surface area contributed by atoms with Crippen molar-refractivity contribution in [2.75, 3.05) is 13.2 Å². The second-order valence-corrected chi connectivity index (χ2v) is 7.78. The summed E-state index contributed by atoms with van der Waals surface area (Å²) in [6.07, 6.45) is 0. The molecule has 0 saturated heterocycles. The predicted octanol–water partition coefficient (Wildman–Crippen LogP) is 3.74. The lowest BCUT2D eigenvalue weighted by atomic mass is 10.1. The molecule has 2 aromatic carbocycles. The van der Waals surface area contributed by atoms with Gasteiger partial charge in [0.25, 0.3) is 11.8 Å². The number of aryl methyl sites for hydroxylation is 3. The summed E-state index contributed by atoms with van der Waals surface area (Å²) in [4.78, 5) is 23.7. The number of ether oxygens (including phenoxy) is 2. The molecule has 0 unspecified atom stereocenters. The van der Waals surface area contributed by atoms with E-state index in [9.17, 15) is 9.59 Å². The summed E-state index contributed by atoms with van der Waals surface area (Å²) in [5.41, 5.74) is 7.33. The summed E-state index contributed by atoms with van der Waals surface area (Å²) in [7, 11) is 0. The van der Waals surface area contributed by atoms with Crippen molar-refractivity contribution in [1.82, 2.24) is 10.9 Å². The maximum absolute atomic E-state index is 11.9. The molecule has 2 aromatic rings. The summed E-state index contributed by atoms with van der Waals surface area (Å²) in [6.45, 7) is 5.25. The minimum absolute atomic E-state index is 0.212. The van der Waals surface area contributed by atoms with Crippen LogP contribution < -0.4 is 20.3 Å². The number of carbonyl (C=O) groups excluding carboxylic acids is 2. The number of hydrogen-bond donors (Lipinski definition) is 2. The minimum atomic E-state index is -0.471. The molecule has 0 saturated carbocycles. The molecule has 8 heteroatoms. The fourth-order valence-electron chi connectivity index (χ4n) is 2.39. The first-order chi connectivity index (χ1) is 12.8. The van der Waals surface area contributed by atoms with Crippen LogP contribution in [0, 0.1) is 20.8 Å². The number of amides is 2. The maximum atomic E-state index is 11.9. The molecule has 0 radical (unpaired) electrons. The molecule has 2 rings (SSSR count). The van der Waals surface area contributed by atoms with Gasteiger partial charge in [-0.15, -0.1) is 0 Å². The number of hydrazine groups is 1. The summed E-state index contributed by atoms with van der Waals surface area (Å²) in [6, 6.07) is 9.29. The van der Waals surface area contributed by atoms with Gasteiger partial charge in [-0.25, -0.2) is 0 Å². The van der Waals surface area contributed by atoms with Gasteiger partial charge in [-0.1, -0.05) is 31.9 Å². The van der Waals surface area contributed by atoms with Crippen molar-refractivity contribution in [3.05, 3.63) is 56.0 Å². The Balaban J connectivity index is 1.76.